The molecule has 1 aromatic heterocycles. The monoisotopic (exact) mass is 314 g/mol. The van der Waals surface area contributed by atoms with Crippen molar-refractivity contribution < 1.29 is 4.79 Å². The van der Waals surface area contributed by atoms with Crippen LogP contribution < -0.4 is 0 Å². The highest BCUT2D eigenvalue weighted by Gasteiger charge is 2.15. The first kappa shape index (κ1) is 13.7. The van der Waals surface area contributed by atoms with Gasteiger partial charge in [0.15, 0.2) is 0 Å². The van der Waals surface area contributed by atoms with E-state index in [0.717, 1.165) is 5.39 Å². The molecule has 0 aliphatic heterocycles. The fourth-order valence-corrected chi connectivity index (χ4v) is 2.50. The summed E-state index contributed by atoms with van der Waals surface area (Å²) in [6.07, 6.45) is 1.54. The molecule has 1 heterocycles. The maximum absolute atomic E-state index is 12.6. The van der Waals surface area contributed by atoms with Crippen LogP contribution in [0, 0.1) is 11.3 Å². The predicted octanol–water partition coefficient (Wildman–Crippen LogP) is 4.51. The van der Waals surface area contributed by atoms with Gasteiger partial charge in [0.05, 0.1) is 21.1 Å². The fraction of sp³-hybridized carbons (Fsp3) is 0. The number of fused-ring (bicyclic) bond motifs is 1. The number of carbonyl (C=O) groups is 1. The summed E-state index contributed by atoms with van der Waals surface area (Å²) >= 11 is 11.8. The third-order valence-corrected chi connectivity index (χ3v) is 3.96. The summed E-state index contributed by atoms with van der Waals surface area (Å²) in [6, 6.07) is 14.1. The van der Waals surface area contributed by atoms with E-state index in [-0.39, 0.29) is 5.91 Å². The Hall–Kier alpha value is -2.28. The van der Waals surface area contributed by atoms with E-state index < -0.39 is 0 Å². The van der Waals surface area contributed by atoms with Gasteiger partial charge in [0, 0.05) is 17.1 Å². The predicted molar refractivity (Wildman–Crippen MR) is 82.8 cm³/mol. The molecular formula is C16H8Cl2N2O. The molecule has 5 heteroatoms. The lowest BCUT2D eigenvalue weighted by molar-refractivity contribution is 0.0965. The van der Waals surface area contributed by atoms with Gasteiger partial charge in [0.1, 0.15) is 6.07 Å². The largest absolute Gasteiger partial charge is 0.282 e. The number of rotatable bonds is 1. The second kappa shape index (κ2) is 5.25. The maximum atomic E-state index is 12.6. The van der Waals surface area contributed by atoms with Crippen LogP contribution in [0.1, 0.15) is 15.9 Å². The minimum Gasteiger partial charge on any atom is -0.282 e. The Balaban J connectivity index is 2.18. The molecule has 0 N–H and O–H groups in total. The van der Waals surface area contributed by atoms with Crippen molar-refractivity contribution in [1.29, 1.82) is 5.26 Å². The molecule has 0 radical (unpaired) electrons. The average molecular weight is 315 g/mol. The lowest BCUT2D eigenvalue weighted by atomic mass is 10.2. The molecule has 0 aliphatic rings. The molecule has 0 saturated heterocycles. The van der Waals surface area contributed by atoms with Crippen molar-refractivity contribution in [2.75, 3.05) is 0 Å². The zero-order valence-corrected chi connectivity index (χ0v) is 12.2. The summed E-state index contributed by atoms with van der Waals surface area (Å²) in [5.41, 5.74) is 1.55. The first-order valence-corrected chi connectivity index (χ1v) is 6.87. The summed E-state index contributed by atoms with van der Waals surface area (Å²) in [5.74, 6) is -0.258. The van der Waals surface area contributed by atoms with Gasteiger partial charge in [-0.2, -0.15) is 5.26 Å². The number of carbonyl (C=O) groups excluding carboxylic acids is 1. The fourth-order valence-electron chi connectivity index (χ4n) is 2.21. The van der Waals surface area contributed by atoms with Crippen LogP contribution in [0.3, 0.4) is 0 Å². The van der Waals surface area contributed by atoms with Crippen molar-refractivity contribution in [2.45, 2.75) is 0 Å². The summed E-state index contributed by atoms with van der Waals surface area (Å²) in [4.78, 5) is 12.6. The van der Waals surface area contributed by atoms with Gasteiger partial charge in [0.25, 0.3) is 5.91 Å². The molecule has 21 heavy (non-hydrogen) atoms. The summed E-state index contributed by atoms with van der Waals surface area (Å²) in [5, 5.41) is 10.6. The molecule has 0 saturated carbocycles. The number of nitriles is 1. The van der Waals surface area contributed by atoms with Crippen molar-refractivity contribution in [3.8, 4) is 6.07 Å². The maximum Gasteiger partial charge on any atom is 0.262 e. The Morgan fingerprint density at radius 3 is 2.57 bits per heavy atom. The number of para-hydroxylation sites is 1. The van der Waals surface area contributed by atoms with Gasteiger partial charge in [0.2, 0.25) is 0 Å². The Morgan fingerprint density at radius 1 is 1.10 bits per heavy atom. The van der Waals surface area contributed by atoms with E-state index in [1.54, 1.807) is 18.2 Å². The number of hydrogen-bond donors (Lipinski definition) is 0. The van der Waals surface area contributed by atoms with Crippen LogP contribution in [0.4, 0.5) is 0 Å². The molecule has 0 unspecified atom stereocenters. The minimum atomic E-state index is -0.258. The van der Waals surface area contributed by atoms with Crippen LogP contribution in [0.25, 0.3) is 10.9 Å². The third kappa shape index (κ3) is 2.29. The zero-order chi connectivity index (χ0) is 15.0. The molecule has 2 aromatic carbocycles. The van der Waals surface area contributed by atoms with E-state index in [1.165, 1.54) is 16.8 Å². The first-order chi connectivity index (χ1) is 10.1. The average Bonchev–Trinajstić information content (AvgIpc) is 2.88. The molecule has 0 spiro atoms. The van der Waals surface area contributed by atoms with Crippen molar-refractivity contribution in [3.63, 3.8) is 0 Å². The molecule has 0 bridgehead atoms. The van der Waals surface area contributed by atoms with Gasteiger partial charge in [-0.05, 0) is 24.3 Å². The highest BCUT2D eigenvalue weighted by atomic mass is 35.5. The SMILES string of the molecule is N#Cc1cn(C(=O)c2ccc(Cl)c(Cl)c2)c2ccccc12. The summed E-state index contributed by atoms with van der Waals surface area (Å²) in [6.45, 7) is 0. The Bertz CT molecular complexity index is 906. The minimum absolute atomic E-state index is 0.258. The number of benzene rings is 2. The van der Waals surface area contributed by atoms with E-state index in [1.807, 2.05) is 18.2 Å². The highest BCUT2D eigenvalue weighted by molar-refractivity contribution is 6.42. The van der Waals surface area contributed by atoms with E-state index >= 15 is 0 Å². The van der Waals surface area contributed by atoms with Crippen molar-refractivity contribution >= 4 is 40.0 Å². The van der Waals surface area contributed by atoms with Crippen LogP contribution in [-0.4, -0.2) is 10.5 Å². The van der Waals surface area contributed by atoms with Crippen LogP contribution in [0.5, 0.6) is 0 Å². The Kier molecular flexibility index (Phi) is 3.42. The van der Waals surface area contributed by atoms with Gasteiger partial charge in [-0.3, -0.25) is 9.36 Å². The molecule has 0 fully saturated rings. The van der Waals surface area contributed by atoms with Gasteiger partial charge in [-0.1, -0.05) is 41.4 Å². The quantitative estimate of drug-likeness (QED) is 0.663. The summed E-state index contributed by atoms with van der Waals surface area (Å²) in [7, 11) is 0. The smallest absolute Gasteiger partial charge is 0.262 e. The van der Waals surface area contributed by atoms with Gasteiger partial charge >= 0.3 is 0 Å². The van der Waals surface area contributed by atoms with E-state index in [9.17, 15) is 4.79 Å². The number of hydrogen-bond acceptors (Lipinski definition) is 2. The molecule has 0 atom stereocenters. The normalized spacial score (nSPS) is 10.5. The standard InChI is InChI=1S/C16H8Cl2N2O/c17-13-6-5-10(7-14(13)18)16(21)20-9-11(8-19)12-3-1-2-4-15(12)20/h1-7,9H. The van der Waals surface area contributed by atoms with Gasteiger partial charge in [-0.25, -0.2) is 0 Å². The highest BCUT2D eigenvalue weighted by Crippen LogP contribution is 2.25. The van der Waals surface area contributed by atoms with E-state index in [4.69, 9.17) is 28.5 Å². The number of nitrogens with zero attached hydrogens (tertiary/aromatic N) is 2. The van der Waals surface area contributed by atoms with Crippen LogP contribution in [0.15, 0.2) is 48.7 Å². The molecule has 3 rings (SSSR count). The number of aromatic nitrogens is 1. The van der Waals surface area contributed by atoms with Gasteiger partial charge < -0.3 is 0 Å². The third-order valence-electron chi connectivity index (χ3n) is 3.22. The second-order valence-corrected chi connectivity index (χ2v) is 5.29. The van der Waals surface area contributed by atoms with E-state index in [2.05, 4.69) is 6.07 Å². The second-order valence-electron chi connectivity index (χ2n) is 4.48. The Morgan fingerprint density at radius 2 is 1.86 bits per heavy atom. The van der Waals surface area contributed by atoms with Crippen molar-refractivity contribution in [3.05, 3.63) is 69.8 Å². The van der Waals surface area contributed by atoms with Crippen LogP contribution >= 0.6 is 23.2 Å². The molecule has 3 nitrogen and oxygen atoms in total. The number of halogens is 2. The molecule has 3 aromatic rings. The zero-order valence-electron chi connectivity index (χ0n) is 10.7. The summed E-state index contributed by atoms with van der Waals surface area (Å²) < 4.78 is 1.45. The molecule has 0 aliphatic carbocycles. The molecule has 102 valence electrons. The first-order valence-electron chi connectivity index (χ1n) is 6.12. The molecular weight excluding hydrogens is 307 g/mol. The van der Waals surface area contributed by atoms with Crippen LogP contribution in [0.2, 0.25) is 10.0 Å². The van der Waals surface area contributed by atoms with E-state index in [0.29, 0.717) is 26.7 Å². The van der Waals surface area contributed by atoms with Crippen molar-refractivity contribution in [2.24, 2.45) is 0 Å². The van der Waals surface area contributed by atoms with Gasteiger partial charge in [-0.15, -0.1) is 0 Å². The lowest BCUT2D eigenvalue weighted by Crippen LogP contribution is -2.10. The van der Waals surface area contributed by atoms with Crippen LogP contribution in [-0.2, 0) is 0 Å². The molecule has 0 amide bonds. The van der Waals surface area contributed by atoms with Crippen molar-refractivity contribution in [1.82, 2.24) is 4.57 Å². The Labute approximate surface area is 130 Å². The topological polar surface area (TPSA) is 45.8 Å². The lowest BCUT2D eigenvalue weighted by Gasteiger charge is -2.05.